The van der Waals surface area contributed by atoms with E-state index in [0.29, 0.717) is 12.8 Å². The molecule has 0 bridgehead atoms. The molecule has 5 heteroatoms. The van der Waals surface area contributed by atoms with E-state index in [1.165, 1.54) is 0 Å². The molecule has 2 heterocycles. The molecule has 1 aromatic heterocycles. The van der Waals surface area contributed by atoms with Crippen molar-refractivity contribution in [2.75, 3.05) is 0 Å². The summed E-state index contributed by atoms with van der Waals surface area (Å²) in [6, 6.07) is 5.99. The van der Waals surface area contributed by atoms with Gasteiger partial charge in [-0.25, -0.2) is 9.78 Å². The lowest BCUT2D eigenvalue weighted by atomic mass is 10.2. The molecule has 1 fully saturated rings. The molecule has 100 valence electrons. The number of imidazole rings is 1. The van der Waals surface area contributed by atoms with Crippen molar-refractivity contribution in [2.45, 2.75) is 32.0 Å². The van der Waals surface area contributed by atoms with Gasteiger partial charge in [-0.1, -0.05) is 12.1 Å². The number of aromatic nitrogens is 2. The molecule has 1 aliphatic heterocycles. The van der Waals surface area contributed by atoms with E-state index < -0.39 is 12.1 Å². The van der Waals surface area contributed by atoms with Gasteiger partial charge in [0, 0.05) is 7.05 Å². The Hall–Kier alpha value is -1.88. The van der Waals surface area contributed by atoms with Gasteiger partial charge in [0.25, 0.3) is 0 Å². The standard InChI is InChI=1S/C14H16N2O3/c1-8-4-3-5-9-12(8)16(2)13(15-9)10-6-7-11(19-10)14(17)18/h3-5,10-11H,6-7H2,1-2H3,(H,17,18). The highest BCUT2D eigenvalue weighted by atomic mass is 16.5. The monoisotopic (exact) mass is 260 g/mol. The molecule has 2 atom stereocenters. The van der Waals surface area contributed by atoms with Gasteiger partial charge in [-0.3, -0.25) is 0 Å². The van der Waals surface area contributed by atoms with Crippen molar-refractivity contribution in [1.29, 1.82) is 0 Å². The summed E-state index contributed by atoms with van der Waals surface area (Å²) in [5, 5.41) is 8.98. The Morgan fingerprint density at radius 1 is 1.47 bits per heavy atom. The van der Waals surface area contributed by atoms with Crippen LogP contribution in [0.4, 0.5) is 0 Å². The van der Waals surface area contributed by atoms with Crippen LogP contribution in [-0.4, -0.2) is 26.7 Å². The average molecular weight is 260 g/mol. The number of aryl methyl sites for hydroxylation is 2. The summed E-state index contributed by atoms with van der Waals surface area (Å²) in [7, 11) is 1.95. The van der Waals surface area contributed by atoms with E-state index in [1.54, 1.807) is 0 Å². The fourth-order valence-corrected chi connectivity index (χ4v) is 2.78. The normalized spacial score (nSPS) is 23.1. The zero-order valence-corrected chi connectivity index (χ0v) is 11.0. The molecule has 1 saturated heterocycles. The van der Waals surface area contributed by atoms with Crippen molar-refractivity contribution in [2.24, 2.45) is 7.05 Å². The number of hydrogen-bond acceptors (Lipinski definition) is 3. The molecular weight excluding hydrogens is 244 g/mol. The smallest absolute Gasteiger partial charge is 0.332 e. The molecular formula is C14H16N2O3. The number of carbonyl (C=O) groups is 1. The van der Waals surface area contributed by atoms with Crippen LogP contribution in [0.2, 0.25) is 0 Å². The summed E-state index contributed by atoms with van der Waals surface area (Å²) < 4.78 is 7.59. The number of fused-ring (bicyclic) bond motifs is 1. The molecule has 0 saturated carbocycles. The van der Waals surface area contributed by atoms with Crippen molar-refractivity contribution < 1.29 is 14.6 Å². The van der Waals surface area contributed by atoms with Gasteiger partial charge in [-0.15, -0.1) is 0 Å². The minimum Gasteiger partial charge on any atom is -0.479 e. The molecule has 5 nitrogen and oxygen atoms in total. The highest BCUT2D eigenvalue weighted by Crippen LogP contribution is 2.34. The lowest BCUT2D eigenvalue weighted by Crippen LogP contribution is -2.19. The minimum atomic E-state index is -0.891. The number of carboxylic acids is 1. The first kappa shape index (κ1) is 12.2. The Morgan fingerprint density at radius 2 is 2.26 bits per heavy atom. The maximum absolute atomic E-state index is 10.9. The topological polar surface area (TPSA) is 64.3 Å². The van der Waals surface area contributed by atoms with Crippen molar-refractivity contribution in [1.82, 2.24) is 9.55 Å². The number of carboxylic acid groups (broad SMARTS) is 1. The summed E-state index contributed by atoms with van der Waals surface area (Å²) >= 11 is 0. The molecule has 1 N–H and O–H groups in total. The summed E-state index contributed by atoms with van der Waals surface area (Å²) in [5.74, 6) is -0.0782. The van der Waals surface area contributed by atoms with E-state index in [1.807, 2.05) is 36.7 Å². The minimum absolute atomic E-state index is 0.224. The van der Waals surface area contributed by atoms with E-state index in [2.05, 4.69) is 4.98 Å². The predicted octanol–water partition coefficient (Wildman–Crippen LogP) is 2.19. The molecule has 0 radical (unpaired) electrons. The van der Waals surface area contributed by atoms with Crippen LogP contribution in [0.15, 0.2) is 18.2 Å². The molecule has 2 unspecified atom stereocenters. The molecule has 0 spiro atoms. The van der Waals surface area contributed by atoms with Crippen LogP contribution in [0, 0.1) is 6.92 Å². The Balaban J connectivity index is 2.00. The quantitative estimate of drug-likeness (QED) is 0.899. The lowest BCUT2D eigenvalue weighted by molar-refractivity contribution is -0.149. The second-order valence-electron chi connectivity index (χ2n) is 5.00. The van der Waals surface area contributed by atoms with Crippen LogP contribution in [-0.2, 0) is 16.6 Å². The summed E-state index contributed by atoms with van der Waals surface area (Å²) in [6.07, 6.45) is 0.318. The van der Waals surface area contributed by atoms with Gasteiger partial charge >= 0.3 is 5.97 Å². The number of aliphatic carboxylic acids is 1. The Morgan fingerprint density at radius 3 is 2.89 bits per heavy atom. The van der Waals surface area contributed by atoms with Crippen molar-refractivity contribution in [3.8, 4) is 0 Å². The highest BCUT2D eigenvalue weighted by molar-refractivity contribution is 5.79. The van der Waals surface area contributed by atoms with Gasteiger partial charge in [-0.05, 0) is 31.4 Å². The van der Waals surface area contributed by atoms with E-state index in [4.69, 9.17) is 9.84 Å². The Labute approximate surface area is 110 Å². The average Bonchev–Trinajstić information content (AvgIpc) is 2.95. The third-order valence-corrected chi connectivity index (χ3v) is 3.71. The van der Waals surface area contributed by atoms with Crippen LogP contribution in [0.5, 0.6) is 0 Å². The first-order valence-electron chi connectivity index (χ1n) is 6.38. The van der Waals surface area contributed by atoms with Crippen LogP contribution >= 0.6 is 0 Å². The van der Waals surface area contributed by atoms with Crippen LogP contribution < -0.4 is 0 Å². The van der Waals surface area contributed by atoms with Gasteiger partial charge in [0.05, 0.1) is 11.0 Å². The molecule has 1 aromatic carbocycles. The van der Waals surface area contributed by atoms with Crippen LogP contribution in [0.1, 0.15) is 30.3 Å². The lowest BCUT2D eigenvalue weighted by Gasteiger charge is -2.11. The second-order valence-corrected chi connectivity index (χ2v) is 5.00. The highest BCUT2D eigenvalue weighted by Gasteiger charge is 2.34. The van der Waals surface area contributed by atoms with Crippen molar-refractivity contribution in [3.05, 3.63) is 29.6 Å². The van der Waals surface area contributed by atoms with E-state index in [9.17, 15) is 4.79 Å². The van der Waals surface area contributed by atoms with Crippen molar-refractivity contribution in [3.63, 3.8) is 0 Å². The maximum Gasteiger partial charge on any atom is 0.332 e. The molecule has 19 heavy (non-hydrogen) atoms. The van der Waals surface area contributed by atoms with Gasteiger partial charge < -0.3 is 14.4 Å². The third kappa shape index (κ3) is 1.90. The predicted molar refractivity (Wildman–Crippen MR) is 69.9 cm³/mol. The number of nitrogens with zero attached hydrogens (tertiary/aromatic N) is 2. The van der Waals surface area contributed by atoms with Crippen molar-refractivity contribution >= 4 is 17.0 Å². The number of rotatable bonds is 2. The number of ether oxygens (including phenoxy) is 1. The Bertz CT molecular complexity index is 647. The fourth-order valence-electron chi connectivity index (χ4n) is 2.78. The number of hydrogen-bond donors (Lipinski definition) is 1. The van der Waals surface area contributed by atoms with Gasteiger partial charge in [0.2, 0.25) is 0 Å². The van der Waals surface area contributed by atoms with Crippen LogP contribution in [0.25, 0.3) is 11.0 Å². The number of para-hydroxylation sites is 1. The fraction of sp³-hybridized carbons (Fsp3) is 0.429. The first-order chi connectivity index (χ1) is 9.08. The second kappa shape index (κ2) is 4.35. The summed E-state index contributed by atoms with van der Waals surface area (Å²) in [4.78, 5) is 15.5. The van der Waals surface area contributed by atoms with Gasteiger partial charge in [0.1, 0.15) is 11.9 Å². The van der Waals surface area contributed by atoms with E-state index in [-0.39, 0.29) is 6.10 Å². The number of benzene rings is 1. The molecule has 2 aromatic rings. The summed E-state index contributed by atoms with van der Waals surface area (Å²) in [5.41, 5.74) is 3.17. The molecule has 1 aliphatic rings. The zero-order valence-electron chi connectivity index (χ0n) is 11.0. The van der Waals surface area contributed by atoms with Gasteiger partial charge in [-0.2, -0.15) is 0 Å². The molecule has 3 rings (SSSR count). The first-order valence-corrected chi connectivity index (χ1v) is 6.38. The molecule has 0 amide bonds. The van der Waals surface area contributed by atoms with E-state index in [0.717, 1.165) is 22.4 Å². The third-order valence-electron chi connectivity index (χ3n) is 3.71. The maximum atomic E-state index is 10.9. The van der Waals surface area contributed by atoms with E-state index >= 15 is 0 Å². The van der Waals surface area contributed by atoms with Gasteiger partial charge in [0.15, 0.2) is 6.10 Å². The largest absolute Gasteiger partial charge is 0.479 e. The molecule has 0 aliphatic carbocycles. The Kier molecular flexibility index (Phi) is 2.78. The SMILES string of the molecule is Cc1cccc2nc(C3CCC(C(=O)O)O3)n(C)c12. The van der Waals surface area contributed by atoms with Crippen LogP contribution in [0.3, 0.4) is 0 Å². The summed E-state index contributed by atoms with van der Waals surface area (Å²) in [6.45, 7) is 2.04. The zero-order chi connectivity index (χ0) is 13.6.